The van der Waals surface area contributed by atoms with Gasteiger partial charge in [-0.3, -0.25) is 4.99 Å². The van der Waals surface area contributed by atoms with E-state index in [4.69, 9.17) is 9.47 Å². The van der Waals surface area contributed by atoms with Crippen molar-refractivity contribution < 1.29 is 14.6 Å². The first-order valence-electron chi connectivity index (χ1n) is 10.2. The number of hydrogen-bond donors (Lipinski definition) is 3. The Hall–Kier alpha value is -2.57. The highest BCUT2D eigenvalue weighted by molar-refractivity contribution is 5.79. The highest BCUT2D eigenvalue weighted by Gasteiger charge is 2.10. The van der Waals surface area contributed by atoms with E-state index < -0.39 is 6.10 Å². The van der Waals surface area contributed by atoms with Crippen molar-refractivity contribution in [3.05, 3.63) is 66.2 Å². The van der Waals surface area contributed by atoms with Gasteiger partial charge in [-0.15, -0.1) is 0 Å². The van der Waals surface area contributed by atoms with Gasteiger partial charge in [0, 0.05) is 13.1 Å². The Kier molecular flexibility index (Phi) is 10.6. The van der Waals surface area contributed by atoms with Crippen LogP contribution >= 0.6 is 0 Å². The molecule has 158 valence electrons. The van der Waals surface area contributed by atoms with Crippen molar-refractivity contribution >= 4 is 5.96 Å². The summed E-state index contributed by atoms with van der Waals surface area (Å²) in [5, 5.41) is 16.6. The van der Waals surface area contributed by atoms with Crippen LogP contribution in [-0.4, -0.2) is 50.0 Å². The molecule has 3 N–H and O–H groups in total. The minimum absolute atomic E-state index is 0.0641. The first kappa shape index (κ1) is 22.7. The number of aliphatic hydroxyl groups excluding tert-OH is 1. The van der Waals surface area contributed by atoms with Gasteiger partial charge in [0.25, 0.3) is 0 Å². The van der Waals surface area contributed by atoms with Crippen molar-refractivity contribution in [3.63, 3.8) is 0 Å². The molecule has 2 unspecified atom stereocenters. The van der Waals surface area contributed by atoms with Crippen LogP contribution in [0.2, 0.25) is 0 Å². The van der Waals surface area contributed by atoms with Crippen molar-refractivity contribution in [1.82, 2.24) is 10.6 Å². The molecule has 0 aliphatic carbocycles. The molecule has 0 saturated heterocycles. The summed E-state index contributed by atoms with van der Waals surface area (Å²) in [6, 6.07) is 19.7. The number of ether oxygens (including phenoxy) is 2. The second-order valence-electron chi connectivity index (χ2n) is 6.70. The summed E-state index contributed by atoms with van der Waals surface area (Å²) in [4.78, 5) is 4.44. The lowest BCUT2D eigenvalue weighted by Gasteiger charge is -2.17. The highest BCUT2D eigenvalue weighted by Crippen LogP contribution is 2.15. The second kappa shape index (κ2) is 13.6. The van der Waals surface area contributed by atoms with Gasteiger partial charge in [-0.05, 0) is 38.0 Å². The van der Waals surface area contributed by atoms with Gasteiger partial charge in [0.2, 0.25) is 0 Å². The van der Waals surface area contributed by atoms with Gasteiger partial charge in [0.1, 0.15) is 5.75 Å². The predicted octanol–water partition coefficient (Wildman–Crippen LogP) is 3.15. The number of guanidine groups is 1. The number of hydrogen-bond acceptors (Lipinski definition) is 4. The maximum absolute atomic E-state index is 10.2. The van der Waals surface area contributed by atoms with Crippen LogP contribution in [-0.2, 0) is 4.74 Å². The molecule has 2 rings (SSSR count). The number of nitrogens with zero attached hydrogens (tertiary/aromatic N) is 1. The zero-order valence-corrected chi connectivity index (χ0v) is 17.4. The van der Waals surface area contributed by atoms with Gasteiger partial charge in [-0.25, -0.2) is 0 Å². The molecule has 0 radical (unpaired) electrons. The summed E-state index contributed by atoms with van der Waals surface area (Å²) in [5.74, 6) is 1.56. The number of aliphatic imine (C=N–C) groups is 1. The molecular formula is C23H33N3O3. The number of para-hydroxylation sites is 1. The third-order valence-corrected chi connectivity index (χ3v) is 4.24. The van der Waals surface area contributed by atoms with E-state index in [1.54, 1.807) is 0 Å². The topological polar surface area (TPSA) is 75.1 Å². The average molecular weight is 400 g/mol. The van der Waals surface area contributed by atoms with Gasteiger partial charge in [0.05, 0.1) is 32.0 Å². The van der Waals surface area contributed by atoms with Crippen LogP contribution in [0.1, 0.15) is 31.9 Å². The number of benzene rings is 2. The third-order valence-electron chi connectivity index (χ3n) is 4.24. The van der Waals surface area contributed by atoms with Gasteiger partial charge >= 0.3 is 0 Å². The minimum Gasteiger partial charge on any atom is -0.494 e. The highest BCUT2D eigenvalue weighted by atomic mass is 16.5. The largest absolute Gasteiger partial charge is 0.494 e. The van der Waals surface area contributed by atoms with Gasteiger partial charge in [0.15, 0.2) is 5.96 Å². The van der Waals surface area contributed by atoms with Crippen LogP contribution in [0.15, 0.2) is 65.7 Å². The molecule has 6 heteroatoms. The van der Waals surface area contributed by atoms with E-state index in [-0.39, 0.29) is 19.3 Å². The Morgan fingerprint density at radius 1 is 1.03 bits per heavy atom. The summed E-state index contributed by atoms with van der Waals surface area (Å²) in [5.41, 5.74) is 1.09. The Morgan fingerprint density at radius 2 is 1.72 bits per heavy atom. The molecule has 2 aromatic carbocycles. The molecule has 6 nitrogen and oxygen atoms in total. The van der Waals surface area contributed by atoms with Gasteiger partial charge in [-0.2, -0.15) is 0 Å². The number of nitrogens with one attached hydrogen (secondary N) is 2. The molecule has 2 aromatic rings. The van der Waals surface area contributed by atoms with Crippen molar-refractivity contribution in [2.45, 2.75) is 32.5 Å². The van der Waals surface area contributed by atoms with E-state index >= 15 is 0 Å². The summed E-state index contributed by atoms with van der Waals surface area (Å²) in [7, 11) is 0. The Bertz CT molecular complexity index is 695. The maximum atomic E-state index is 10.2. The van der Waals surface area contributed by atoms with Crippen molar-refractivity contribution in [2.24, 2.45) is 4.99 Å². The Balaban J connectivity index is 1.66. The lowest BCUT2D eigenvalue weighted by molar-refractivity contribution is 0.00111. The van der Waals surface area contributed by atoms with E-state index in [0.717, 1.165) is 30.8 Å². The van der Waals surface area contributed by atoms with E-state index in [1.807, 2.05) is 74.5 Å². The summed E-state index contributed by atoms with van der Waals surface area (Å²) >= 11 is 0. The van der Waals surface area contributed by atoms with Crippen LogP contribution < -0.4 is 15.4 Å². The summed E-state index contributed by atoms with van der Waals surface area (Å²) < 4.78 is 11.4. The van der Waals surface area contributed by atoms with Crippen LogP contribution in [0.5, 0.6) is 5.75 Å². The van der Waals surface area contributed by atoms with Crippen LogP contribution in [0, 0.1) is 0 Å². The molecule has 0 spiro atoms. The van der Waals surface area contributed by atoms with Crippen LogP contribution in [0.4, 0.5) is 0 Å². The van der Waals surface area contributed by atoms with Gasteiger partial charge in [-0.1, -0.05) is 48.5 Å². The van der Waals surface area contributed by atoms with Crippen molar-refractivity contribution in [1.29, 1.82) is 0 Å². The molecule has 0 amide bonds. The average Bonchev–Trinajstić information content (AvgIpc) is 2.76. The molecule has 0 fully saturated rings. The number of rotatable bonds is 12. The van der Waals surface area contributed by atoms with Crippen molar-refractivity contribution in [2.75, 3.05) is 32.8 Å². The van der Waals surface area contributed by atoms with Crippen molar-refractivity contribution in [3.8, 4) is 5.75 Å². The minimum atomic E-state index is -0.655. The van der Waals surface area contributed by atoms with Gasteiger partial charge < -0.3 is 25.2 Å². The molecular weight excluding hydrogens is 366 g/mol. The predicted molar refractivity (Wildman–Crippen MR) is 117 cm³/mol. The molecule has 0 aliphatic rings. The van der Waals surface area contributed by atoms with E-state index in [1.165, 1.54) is 0 Å². The third kappa shape index (κ3) is 9.45. The standard InChI is InChI=1S/C23H33N3O3/c1-3-24-23(25-15-10-16-28-22-13-8-5-9-14-22)26-17-21(27)18-29-19(2)20-11-6-4-7-12-20/h4-9,11-14,19,21,27H,3,10,15-18H2,1-2H3,(H2,24,25,26). The lowest BCUT2D eigenvalue weighted by atomic mass is 10.1. The molecule has 29 heavy (non-hydrogen) atoms. The maximum Gasteiger partial charge on any atom is 0.191 e. The normalized spacial score (nSPS) is 13.6. The zero-order chi connectivity index (χ0) is 20.7. The van der Waals surface area contributed by atoms with Crippen LogP contribution in [0.3, 0.4) is 0 Å². The fourth-order valence-electron chi connectivity index (χ4n) is 2.65. The summed E-state index contributed by atoms with van der Waals surface area (Å²) in [6.07, 6.45) is 0.128. The molecule has 0 aromatic heterocycles. The SMILES string of the molecule is CCNC(=NCC(O)COC(C)c1ccccc1)NCCCOc1ccccc1. The summed E-state index contributed by atoms with van der Waals surface area (Å²) in [6.45, 7) is 6.62. The molecule has 0 heterocycles. The fourth-order valence-corrected chi connectivity index (χ4v) is 2.65. The lowest BCUT2D eigenvalue weighted by Crippen LogP contribution is -2.39. The molecule has 0 bridgehead atoms. The second-order valence-corrected chi connectivity index (χ2v) is 6.70. The van der Waals surface area contributed by atoms with E-state index in [2.05, 4.69) is 15.6 Å². The smallest absolute Gasteiger partial charge is 0.191 e. The number of aliphatic hydroxyl groups is 1. The first-order chi connectivity index (χ1) is 14.2. The first-order valence-corrected chi connectivity index (χ1v) is 10.2. The van der Waals surface area contributed by atoms with Crippen LogP contribution in [0.25, 0.3) is 0 Å². The molecule has 0 saturated carbocycles. The van der Waals surface area contributed by atoms with E-state index in [9.17, 15) is 5.11 Å². The zero-order valence-electron chi connectivity index (χ0n) is 17.4. The Morgan fingerprint density at radius 3 is 2.41 bits per heavy atom. The molecule has 2 atom stereocenters. The van der Waals surface area contributed by atoms with E-state index in [0.29, 0.717) is 12.6 Å². The quantitative estimate of drug-likeness (QED) is 0.290. The monoisotopic (exact) mass is 399 g/mol. The fraction of sp³-hybridized carbons (Fsp3) is 0.435. The Labute approximate surface area is 174 Å². The molecule has 0 aliphatic heterocycles.